The Hall–Kier alpha value is -2.09. The molecule has 0 aliphatic carbocycles. The fourth-order valence-corrected chi connectivity index (χ4v) is 4.11. The SMILES string of the molecule is CCc1ccc(Nc2nnc(SCC(=O)NCc3cccc(Cl)c3)s2)cc1. The zero-order valence-corrected chi connectivity index (χ0v) is 17.1. The van der Waals surface area contributed by atoms with Crippen molar-refractivity contribution in [2.24, 2.45) is 0 Å². The summed E-state index contributed by atoms with van der Waals surface area (Å²) in [5, 5.41) is 15.7. The van der Waals surface area contributed by atoms with Gasteiger partial charge in [-0.05, 0) is 41.8 Å². The number of hydrogen-bond donors (Lipinski definition) is 2. The van der Waals surface area contributed by atoms with E-state index in [2.05, 4.69) is 39.9 Å². The Morgan fingerprint density at radius 2 is 1.96 bits per heavy atom. The minimum Gasteiger partial charge on any atom is -0.351 e. The van der Waals surface area contributed by atoms with E-state index in [4.69, 9.17) is 11.6 Å². The Balaban J connectivity index is 1.45. The number of thioether (sulfide) groups is 1. The van der Waals surface area contributed by atoms with Crippen LogP contribution in [-0.2, 0) is 17.8 Å². The fraction of sp³-hybridized carbons (Fsp3) is 0.211. The molecule has 0 bridgehead atoms. The minimum atomic E-state index is -0.0557. The highest BCUT2D eigenvalue weighted by Crippen LogP contribution is 2.27. The van der Waals surface area contributed by atoms with Gasteiger partial charge in [0.05, 0.1) is 5.75 Å². The van der Waals surface area contributed by atoms with Crippen LogP contribution in [0.25, 0.3) is 0 Å². The lowest BCUT2D eigenvalue weighted by Crippen LogP contribution is -2.24. The summed E-state index contributed by atoms with van der Waals surface area (Å²) in [7, 11) is 0. The van der Waals surface area contributed by atoms with Crippen LogP contribution >= 0.6 is 34.7 Å². The van der Waals surface area contributed by atoms with Gasteiger partial charge in [0.25, 0.3) is 0 Å². The summed E-state index contributed by atoms with van der Waals surface area (Å²) in [5.41, 5.74) is 3.23. The third kappa shape index (κ3) is 6.23. The molecule has 27 heavy (non-hydrogen) atoms. The Morgan fingerprint density at radius 3 is 2.70 bits per heavy atom. The molecule has 3 aromatic rings. The molecule has 1 aromatic heterocycles. The van der Waals surface area contributed by atoms with Crippen molar-refractivity contribution < 1.29 is 4.79 Å². The van der Waals surface area contributed by atoms with E-state index in [0.29, 0.717) is 22.5 Å². The third-order valence-electron chi connectivity index (χ3n) is 3.73. The summed E-state index contributed by atoms with van der Waals surface area (Å²) in [6.07, 6.45) is 1.01. The first-order chi connectivity index (χ1) is 13.1. The van der Waals surface area contributed by atoms with Gasteiger partial charge in [0, 0.05) is 17.3 Å². The number of hydrogen-bond acceptors (Lipinski definition) is 6. The van der Waals surface area contributed by atoms with E-state index in [0.717, 1.165) is 22.0 Å². The van der Waals surface area contributed by atoms with Crippen LogP contribution in [0, 0.1) is 0 Å². The van der Waals surface area contributed by atoms with Gasteiger partial charge in [0.2, 0.25) is 11.0 Å². The van der Waals surface area contributed by atoms with Crippen LogP contribution in [0.1, 0.15) is 18.1 Å². The van der Waals surface area contributed by atoms with Crippen LogP contribution in [0.3, 0.4) is 0 Å². The molecule has 0 unspecified atom stereocenters. The van der Waals surface area contributed by atoms with E-state index in [9.17, 15) is 4.79 Å². The van der Waals surface area contributed by atoms with E-state index in [1.165, 1.54) is 28.7 Å². The van der Waals surface area contributed by atoms with Crippen molar-refractivity contribution in [1.29, 1.82) is 0 Å². The normalized spacial score (nSPS) is 10.6. The summed E-state index contributed by atoms with van der Waals surface area (Å²) in [6.45, 7) is 2.58. The summed E-state index contributed by atoms with van der Waals surface area (Å²) < 4.78 is 0.751. The minimum absolute atomic E-state index is 0.0557. The molecular weight excluding hydrogens is 400 g/mol. The second-order valence-corrected chi connectivity index (χ2v) is 8.38. The topological polar surface area (TPSA) is 66.9 Å². The number of amides is 1. The molecule has 8 heteroatoms. The molecule has 0 saturated heterocycles. The van der Waals surface area contributed by atoms with E-state index < -0.39 is 0 Å². The molecule has 0 fully saturated rings. The first kappa shape index (κ1) is 19.7. The van der Waals surface area contributed by atoms with Crippen LogP contribution < -0.4 is 10.6 Å². The molecule has 1 heterocycles. The van der Waals surface area contributed by atoms with Crippen LogP contribution in [-0.4, -0.2) is 21.9 Å². The van der Waals surface area contributed by atoms with Gasteiger partial charge in [-0.25, -0.2) is 0 Å². The number of carbonyl (C=O) groups is 1. The van der Waals surface area contributed by atoms with Crippen molar-refractivity contribution in [2.75, 3.05) is 11.1 Å². The van der Waals surface area contributed by atoms with Gasteiger partial charge in [-0.15, -0.1) is 10.2 Å². The fourth-order valence-electron chi connectivity index (χ4n) is 2.29. The standard InChI is InChI=1S/C19H19ClN4OS2/c1-2-13-6-8-16(9-7-13)22-18-23-24-19(27-18)26-12-17(25)21-11-14-4-3-5-15(20)10-14/h3-10H,2,11-12H2,1H3,(H,21,25)(H,22,23). The zero-order chi connectivity index (χ0) is 19.1. The Bertz CT molecular complexity index is 899. The average molecular weight is 419 g/mol. The van der Waals surface area contributed by atoms with E-state index >= 15 is 0 Å². The second-order valence-electron chi connectivity index (χ2n) is 5.74. The number of carbonyl (C=O) groups excluding carboxylic acids is 1. The third-order valence-corrected chi connectivity index (χ3v) is 5.93. The molecule has 0 aliphatic rings. The lowest BCUT2D eigenvalue weighted by molar-refractivity contribution is -0.118. The smallest absolute Gasteiger partial charge is 0.230 e. The number of aromatic nitrogens is 2. The Morgan fingerprint density at radius 1 is 1.15 bits per heavy atom. The first-order valence-corrected chi connectivity index (χ1v) is 10.6. The average Bonchev–Trinajstić information content (AvgIpc) is 3.13. The summed E-state index contributed by atoms with van der Waals surface area (Å²) in [4.78, 5) is 12.0. The van der Waals surface area contributed by atoms with Crippen molar-refractivity contribution in [3.63, 3.8) is 0 Å². The number of aryl methyl sites for hydroxylation is 1. The van der Waals surface area contributed by atoms with Crippen molar-refractivity contribution in [2.45, 2.75) is 24.2 Å². The van der Waals surface area contributed by atoms with E-state index in [1.54, 1.807) is 0 Å². The molecule has 0 spiro atoms. The lowest BCUT2D eigenvalue weighted by Gasteiger charge is -2.04. The van der Waals surface area contributed by atoms with Gasteiger partial charge in [0.1, 0.15) is 0 Å². The zero-order valence-electron chi connectivity index (χ0n) is 14.7. The number of benzene rings is 2. The lowest BCUT2D eigenvalue weighted by atomic mass is 10.1. The molecular formula is C19H19ClN4OS2. The van der Waals surface area contributed by atoms with Gasteiger partial charge in [-0.3, -0.25) is 4.79 Å². The van der Waals surface area contributed by atoms with Gasteiger partial charge < -0.3 is 10.6 Å². The largest absolute Gasteiger partial charge is 0.351 e. The highest BCUT2D eigenvalue weighted by Gasteiger charge is 2.08. The first-order valence-electron chi connectivity index (χ1n) is 8.46. The molecule has 5 nitrogen and oxygen atoms in total. The molecule has 3 rings (SSSR count). The van der Waals surface area contributed by atoms with Crippen LogP contribution in [0.5, 0.6) is 0 Å². The monoisotopic (exact) mass is 418 g/mol. The molecule has 1 amide bonds. The second kappa shape index (κ2) is 9.73. The van der Waals surface area contributed by atoms with Crippen LogP contribution in [0.4, 0.5) is 10.8 Å². The molecule has 0 atom stereocenters. The summed E-state index contributed by atoms with van der Waals surface area (Å²) in [5.74, 6) is 0.236. The van der Waals surface area contributed by atoms with Crippen molar-refractivity contribution >= 4 is 51.4 Å². The molecule has 2 N–H and O–H groups in total. The number of anilines is 2. The highest BCUT2D eigenvalue weighted by molar-refractivity contribution is 8.01. The maximum Gasteiger partial charge on any atom is 0.230 e. The molecule has 0 radical (unpaired) electrons. The predicted molar refractivity (Wildman–Crippen MR) is 113 cm³/mol. The Kier molecular flexibility index (Phi) is 7.09. The summed E-state index contributed by atoms with van der Waals surface area (Å²) >= 11 is 8.74. The quantitative estimate of drug-likeness (QED) is 0.509. The van der Waals surface area contributed by atoms with E-state index in [-0.39, 0.29) is 5.91 Å². The maximum atomic E-state index is 12.0. The van der Waals surface area contributed by atoms with Gasteiger partial charge in [-0.1, -0.05) is 65.9 Å². The number of halogens is 1. The maximum absolute atomic E-state index is 12.0. The predicted octanol–water partition coefficient (Wildman–Crippen LogP) is 4.91. The number of nitrogens with one attached hydrogen (secondary N) is 2. The van der Waals surface area contributed by atoms with Crippen molar-refractivity contribution in [3.8, 4) is 0 Å². The van der Waals surface area contributed by atoms with Gasteiger partial charge >= 0.3 is 0 Å². The summed E-state index contributed by atoms with van der Waals surface area (Å²) in [6, 6.07) is 15.7. The van der Waals surface area contributed by atoms with E-state index in [1.807, 2.05) is 36.4 Å². The number of nitrogens with zero attached hydrogens (tertiary/aromatic N) is 2. The Labute approximate surface area is 171 Å². The van der Waals surface area contributed by atoms with Crippen molar-refractivity contribution in [1.82, 2.24) is 15.5 Å². The highest BCUT2D eigenvalue weighted by atomic mass is 35.5. The van der Waals surface area contributed by atoms with Crippen LogP contribution in [0.15, 0.2) is 52.9 Å². The number of rotatable bonds is 8. The molecule has 2 aromatic carbocycles. The van der Waals surface area contributed by atoms with Crippen LogP contribution in [0.2, 0.25) is 5.02 Å². The molecule has 140 valence electrons. The molecule has 0 aliphatic heterocycles. The van der Waals surface area contributed by atoms with Gasteiger partial charge in [-0.2, -0.15) is 0 Å². The van der Waals surface area contributed by atoms with Gasteiger partial charge in [0.15, 0.2) is 4.34 Å². The van der Waals surface area contributed by atoms with Crippen molar-refractivity contribution in [3.05, 3.63) is 64.7 Å². The molecule has 0 saturated carbocycles.